The monoisotopic (exact) mass is 301 g/mol. The molecule has 0 saturated heterocycles. The van der Waals surface area contributed by atoms with Gasteiger partial charge >= 0.3 is 0 Å². The molecule has 0 fully saturated rings. The van der Waals surface area contributed by atoms with Crippen LogP contribution in [0.4, 0.5) is 4.39 Å². The largest absolute Gasteiger partial charge is 0.497 e. The van der Waals surface area contributed by atoms with E-state index >= 15 is 0 Å². The van der Waals surface area contributed by atoms with Crippen molar-refractivity contribution >= 4 is 21.4 Å². The number of benzene rings is 2. The lowest BCUT2D eigenvalue weighted by Crippen LogP contribution is -2.18. The van der Waals surface area contributed by atoms with Crippen LogP contribution in [0.3, 0.4) is 0 Å². The minimum atomic E-state index is -0.260. The van der Waals surface area contributed by atoms with E-state index in [0.717, 1.165) is 10.9 Å². The molecule has 0 spiro atoms. The first-order chi connectivity index (χ1) is 10.2. The summed E-state index contributed by atoms with van der Waals surface area (Å²) in [6.45, 7) is 0. The molecule has 1 heterocycles. The number of hydrogen-bond acceptors (Lipinski definition) is 3. The minimum absolute atomic E-state index is 0.174. The van der Waals surface area contributed by atoms with E-state index in [4.69, 9.17) is 4.74 Å². The van der Waals surface area contributed by atoms with Gasteiger partial charge in [-0.05, 0) is 35.5 Å². The number of thiophene rings is 1. The average molecular weight is 301 g/mol. The van der Waals surface area contributed by atoms with Crippen LogP contribution in [0, 0.1) is 5.82 Å². The Hall–Kier alpha value is -1.91. The molecule has 3 rings (SSSR count). The van der Waals surface area contributed by atoms with Crippen LogP contribution in [-0.2, 0) is 0 Å². The number of ether oxygens (including phenoxy) is 1. The molecule has 2 aromatic carbocycles. The zero-order valence-corrected chi connectivity index (χ0v) is 12.7. The van der Waals surface area contributed by atoms with Crippen molar-refractivity contribution in [1.82, 2.24) is 5.32 Å². The molecule has 0 amide bonds. The molecular formula is C17H16FNOS. The second-order valence-corrected chi connectivity index (χ2v) is 5.71. The van der Waals surface area contributed by atoms with E-state index in [1.54, 1.807) is 23.5 Å². The van der Waals surface area contributed by atoms with Gasteiger partial charge in [0.15, 0.2) is 0 Å². The Morgan fingerprint density at radius 2 is 1.95 bits per heavy atom. The average Bonchev–Trinajstić information content (AvgIpc) is 2.94. The molecule has 108 valence electrons. The van der Waals surface area contributed by atoms with E-state index < -0.39 is 0 Å². The van der Waals surface area contributed by atoms with Crippen LogP contribution in [-0.4, -0.2) is 14.2 Å². The summed E-state index contributed by atoms with van der Waals surface area (Å²) in [4.78, 5) is 0. The number of rotatable bonds is 4. The molecular weight excluding hydrogens is 285 g/mol. The molecule has 21 heavy (non-hydrogen) atoms. The van der Waals surface area contributed by atoms with Gasteiger partial charge in [0, 0.05) is 16.3 Å². The van der Waals surface area contributed by atoms with E-state index in [2.05, 4.69) is 22.8 Å². The van der Waals surface area contributed by atoms with Crippen molar-refractivity contribution in [2.75, 3.05) is 14.2 Å². The van der Waals surface area contributed by atoms with Gasteiger partial charge in [0.05, 0.1) is 13.2 Å². The fourth-order valence-electron chi connectivity index (χ4n) is 2.57. The van der Waals surface area contributed by atoms with Gasteiger partial charge in [0.25, 0.3) is 0 Å². The summed E-state index contributed by atoms with van der Waals surface area (Å²) in [5.74, 6) is 0.269. The molecule has 4 heteroatoms. The first-order valence-corrected chi connectivity index (χ1v) is 7.59. The molecule has 0 aliphatic carbocycles. The van der Waals surface area contributed by atoms with Gasteiger partial charge in [-0.25, -0.2) is 4.39 Å². The number of methoxy groups -OCH3 is 1. The highest BCUT2D eigenvalue weighted by atomic mass is 32.1. The van der Waals surface area contributed by atoms with Crippen molar-refractivity contribution in [1.29, 1.82) is 0 Å². The Balaban J connectivity index is 2.10. The fourth-order valence-corrected chi connectivity index (χ4v) is 3.56. The standard InChI is InChI=1S/C17H16FNOS/c1-19-17(13-8-7-11(20-2)9-15(13)18)14-10-21-16-6-4-3-5-12(14)16/h3-10,17,19H,1-2H3. The number of nitrogens with one attached hydrogen (secondary N) is 1. The van der Waals surface area contributed by atoms with Crippen LogP contribution in [0.15, 0.2) is 47.8 Å². The van der Waals surface area contributed by atoms with Gasteiger partial charge in [0.1, 0.15) is 11.6 Å². The number of fused-ring (bicyclic) bond motifs is 1. The van der Waals surface area contributed by atoms with Crippen LogP contribution in [0.2, 0.25) is 0 Å². The van der Waals surface area contributed by atoms with Crippen LogP contribution < -0.4 is 10.1 Å². The third-order valence-corrected chi connectivity index (χ3v) is 4.61. The Morgan fingerprint density at radius 1 is 1.14 bits per heavy atom. The van der Waals surface area contributed by atoms with Gasteiger partial charge in [-0.15, -0.1) is 11.3 Å². The first-order valence-electron chi connectivity index (χ1n) is 6.71. The van der Waals surface area contributed by atoms with Gasteiger partial charge in [0.2, 0.25) is 0 Å². The summed E-state index contributed by atoms with van der Waals surface area (Å²) >= 11 is 1.68. The van der Waals surface area contributed by atoms with E-state index in [1.165, 1.54) is 17.9 Å². The Morgan fingerprint density at radius 3 is 2.67 bits per heavy atom. The van der Waals surface area contributed by atoms with Crippen molar-refractivity contribution in [3.63, 3.8) is 0 Å². The minimum Gasteiger partial charge on any atom is -0.497 e. The maximum Gasteiger partial charge on any atom is 0.132 e. The van der Waals surface area contributed by atoms with Crippen LogP contribution in [0.5, 0.6) is 5.75 Å². The van der Waals surface area contributed by atoms with Gasteiger partial charge in [-0.1, -0.05) is 24.3 Å². The molecule has 1 N–H and O–H groups in total. The molecule has 0 bridgehead atoms. The molecule has 0 aliphatic heterocycles. The molecule has 0 aliphatic rings. The predicted octanol–water partition coefficient (Wildman–Crippen LogP) is 4.36. The maximum absolute atomic E-state index is 14.3. The van der Waals surface area contributed by atoms with Crippen LogP contribution in [0.25, 0.3) is 10.1 Å². The van der Waals surface area contributed by atoms with Crippen LogP contribution >= 0.6 is 11.3 Å². The highest BCUT2D eigenvalue weighted by Crippen LogP contribution is 2.34. The summed E-state index contributed by atoms with van der Waals surface area (Å²) < 4.78 is 20.6. The maximum atomic E-state index is 14.3. The third-order valence-electron chi connectivity index (χ3n) is 3.63. The van der Waals surface area contributed by atoms with Gasteiger partial charge in [-0.3, -0.25) is 0 Å². The second-order valence-electron chi connectivity index (χ2n) is 4.80. The summed E-state index contributed by atoms with van der Waals surface area (Å²) in [7, 11) is 3.39. The summed E-state index contributed by atoms with van der Waals surface area (Å²) in [5, 5.41) is 6.47. The Labute approximate surface area is 127 Å². The molecule has 1 aromatic heterocycles. The molecule has 1 unspecified atom stereocenters. The van der Waals surface area contributed by atoms with Crippen molar-refractivity contribution in [3.05, 3.63) is 64.8 Å². The van der Waals surface area contributed by atoms with E-state index in [0.29, 0.717) is 11.3 Å². The Kier molecular flexibility index (Phi) is 3.90. The summed E-state index contributed by atoms with van der Waals surface area (Å²) in [6, 6.07) is 13.0. The zero-order valence-electron chi connectivity index (χ0n) is 11.9. The topological polar surface area (TPSA) is 21.3 Å². The summed E-state index contributed by atoms with van der Waals surface area (Å²) in [6.07, 6.45) is 0. The molecule has 2 nitrogen and oxygen atoms in total. The lowest BCUT2D eigenvalue weighted by molar-refractivity contribution is 0.410. The molecule has 0 radical (unpaired) electrons. The van der Waals surface area contributed by atoms with Gasteiger partial charge in [-0.2, -0.15) is 0 Å². The van der Waals surface area contributed by atoms with Crippen molar-refractivity contribution in [2.24, 2.45) is 0 Å². The lowest BCUT2D eigenvalue weighted by atomic mass is 9.97. The lowest BCUT2D eigenvalue weighted by Gasteiger charge is -2.17. The summed E-state index contributed by atoms with van der Waals surface area (Å²) in [5.41, 5.74) is 1.73. The SMILES string of the molecule is CNC(c1ccc(OC)cc1F)c1csc2ccccc12. The smallest absolute Gasteiger partial charge is 0.132 e. The Bertz CT molecular complexity index is 768. The normalized spacial score (nSPS) is 12.5. The van der Waals surface area contributed by atoms with Crippen molar-refractivity contribution in [3.8, 4) is 5.75 Å². The molecule has 3 aromatic rings. The van der Waals surface area contributed by atoms with Gasteiger partial charge < -0.3 is 10.1 Å². The van der Waals surface area contributed by atoms with Crippen molar-refractivity contribution < 1.29 is 9.13 Å². The number of halogens is 1. The zero-order chi connectivity index (χ0) is 14.8. The van der Waals surface area contributed by atoms with E-state index in [1.807, 2.05) is 19.2 Å². The first kappa shape index (κ1) is 14.0. The van der Waals surface area contributed by atoms with Crippen molar-refractivity contribution in [2.45, 2.75) is 6.04 Å². The quantitative estimate of drug-likeness (QED) is 0.773. The second kappa shape index (κ2) is 5.84. The van der Waals surface area contributed by atoms with E-state index in [9.17, 15) is 4.39 Å². The number of hydrogen-bond donors (Lipinski definition) is 1. The molecule has 1 atom stereocenters. The highest BCUT2D eigenvalue weighted by molar-refractivity contribution is 7.17. The molecule has 0 saturated carbocycles. The van der Waals surface area contributed by atoms with E-state index in [-0.39, 0.29) is 11.9 Å². The predicted molar refractivity (Wildman–Crippen MR) is 85.7 cm³/mol. The highest BCUT2D eigenvalue weighted by Gasteiger charge is 2.19. The fraction of sp³-hybridized carbons (Fsp3) is 0.176. The van der Waals surface area contributed by atoms with Crippen LogP contribution in [0.1, 0.15) is 17.2 Å². The third kappa shape index (κ3) is 2.52.